The molecule has 0 bridgehead atoms. The Kier molecular flexibility index (Phi) is 35.2. The van der Waals surface area contributed by atoms with E-state index in [1.807, 2.05) is 21.1 Å². The van der Waals surface area contributed by atoms with Crippen LogP contribution in [0.15, 0.2) is 48.6 Å². The summed E-state index contributed by atoms with van der Waals surface area (Å²) >= 11 is 0. The van der Waals surface area contributed by atoms with Crippen LogP contribution in [-0.4, -0.2) is 74.9 Å². The first kappa shape index (κ1) is 52.0. The van der Waals surface area contributed by atoms with Gasteiger partial charge in [0.2, 0.25) is 0 Å². The Bertz CT molecular complexity index is 1070. The van der Waals surface area contributed by atoms with Crippen LogP contribution in [0.25, 0.3) is 0 Å². The van der Waals surface area contributed by atoms with E-state index in [0.29, 0.717) is 23.9 Å². The molecule has 0 aliphatic rings. The molecule has 0 aromatic rings. The van der Waals surface area contributed by atoms with Gasteiger partial charge in [-0.2, -0.15) is 0 Å². The molecule has 0 rings (SSSR count). The minimum Gasteiger partial charge on any atom is -0.462 e. The highest BCUT2D eigenvalue weighted by Crippen LogP contribution is 2.43. The second kappa shape index (κ2) is 36.6. The summed E-state index contributed by atoms with van der Waals surface area (Å²) in [6.07, 6.45) is 41.7. The zero-order chi connectivity index (χ0) is 40.0. The predicted octanol–water partition coefficient (Wildman–Crippen LogP) is 11.9. The Morgan fingerprint density at radius 3 is 1.46 bits per heavy atom. The van der Waals surface area contributed by atoms with Crippen LogP contribution in [0.4, 0.5) is 0 Å². The number of hydrogen-bond donors (Lipinski definition) is 1. The molecule has 0 amide bonds. The van der Waals surface area contributed by atoms with Gasteiger partial charge in [-0.25, -0.2) is 4.57 Å². The maximum atomic E-state index is 12.6. The predicted molar refractivity (Wildman–Crippen MR) is 224 cm³/mol. The number of rotatable bonds is 38. The lowest BCUT2D eigenvalue weighted by atomic mass is 10.1. The number of hydrogen-bond acceptors (Lipinski definition) is 7. The zero-order valence-electron chi connectivity index (χ0n) is 35.2. The largest absolute Gasteiger partial charge is 0.472 e. The van der Waals surface area contributed by atoms with Gasteiger partial charge >= 0.3 is 19.8 Å². The number of carbonyl (C=O) groups excluding carboxylic acids is 2. The van der Waals surface area contributed by atoms with Crippen LogP contribution in [0.3, 0.4) is 0 Å². The summed E-state index contributed by atoms with van der Waals surface area (Å²) in [5.74, 6) is -0.878. The average Bonchev–Trinajstić information content (AvgIpc) is 3.12. The van der Waals surface area contributed by atoms with E-state index in [-0.39, 0.29) is 26.1 Å². The molecule has 1 unspecified atom stereocenters. The quantitative estimate of drug-likeness (QED) is 0.0217. The molecule has 10 heteroatoms. The first-order chi connectivity index (χ1) is 26.0. The maximum Gasteiger partial charge on any atom is 0.472 e. The molecule has 9 nitrogen and oxygen atoms in total. The summed E-state index contributed by atoms with van der Waals surface area (Å²) in [5.41, 5.74) is 0. The maximum absolute atomic E-state index is 12.6. The molecule has 1 N–H and O–H groups in total. The Morgan fingerprint density at radius 2 is 1.00 bits per heavy atom. The van der Waals surface area contributed by atoms with Gasteiger partial charge in [-0.3, -0.25) is 18.6 Å². The number of ether oxygens (including phenoxy) is 2. The minimum atomic E-state index is -4.39. The summed E-state index contributed by atoms with van der Waals surface area (Å²) in [5, 5.41) is 0. The van der Waals surface area contributed by atoms with Gasteiger partial charge in [0.1, 0.15) is 19.8 Å². The van der Waals surface area contributed by atoms with Gasteiger partial charge in [-0.1, -0.05) is 127 Å². The van der Waals surface area contributed by atoms with E-state index in [1.54, 1.807) is 0 Å². The molecule has 54 heavy (non-hydrogen) atoms. The van der Waals surface area contributed by atoms with E-state index in [4.69, 9.17) is 18.5 Å². The first-order valence-corrected chi connectivity index (χ1v) is 22.9. The minimum absolute atomic E-state index is 0.0196. The molecule has 0 fully saturated rings. The van der Waals surface area contributed by atoms with Gasteiger partial charge in [0.15, 0.2) is 6.10 Å². The Hall–Kier alpha value is -2.03. The number of carbonyl (C=O) groups is 2. The Morgan fingerprint density at radius 1 is 0.574 bits per heavy atom. The highest BCUT2D eigenvalue weighted by atomic mass is 31.2. The van der Waals surface area contributed by atoms with Crippen molar-refractivity contribution in [1.29, 1.82) is 0 Å². The molecule has 0 aliphatic heterocycles. The van der Waals surface area contributed by atoms with Crippen molar-refractivity contribution < 1.29 is 42.1 Å². The molecular formula is C44H81NO8P+. The van der Waals surface area contributed by atoms with Crippen LogP contribution < -0.4 is 0 Å². The van der Waals surface area contributed by atoms with E-state index in [1.165, 1.54) is 77.0 Å². The SMILES string of the molecule is CCCCCCCC/C=C\C/C=C\CCCCC(=O)OC[C@H](COP(=O)(O)OCC[N+](C)(C)C)OC(=O)CCCC/C=C\C/C=C\CCCCCCCC. The fourth-order valence-electron chi connectivity index (χ4n) is 5.43. The summed E-state index contributed by atoms with van der Waals surface area (Å²) < 4.78 is 34.2. The smallest absolute Gasteiger partial charge is 0.462 e. The number of nitrogens with zero attached hydrogens (tertiary/aromatic N) is 1. The first-order valence-electron chi connectivity index (χ1n) is 21.4. The van der Waals surface area contributed by atoms with E-state index in [9.17, 15) is 19.0 Å². The van der Waals surface area contributed by atoms with Crippen LogP contribution >= 0.6 is 7.82 Å². The van der Waals surface area contributed by atoms with E-state index >= 15 is 0 Å². The topological polar surface area (TPSA) is 108 Å². The highest BCUT2D eigenvalue weighted by molar-refractivity contribution is 7.47. The monoisotopic (exact) mass is 783 g/mol. The molecule has 0 aromatic heterocycles. The molecule has 0 radical (unpaired) electrons. The standard InChI is InChI=1S/C44H80NO8P/c1-6-8-10-12-14-16-18-20-22-24-26-28-30-32-34-36-43(46)50-40-42(41-52-54(48,49)51-39-38-45(3,4)5)53-44(47)37-35-33-31-29-27-25-23-21-19-17-15-13-11-9-7-2/h20-23,26-29,42H,6-19,24-25,30-41H2,1-5H3/p+1/b22-20-,23-21-,28-26-,29-27-/t42-/m1/s1. The number of quaternary nitrogens is 1. The summed E-state index contributed by atoms with van der Waals surface area (Å²) in [6.45, 7) is 4.32. The number of likely N-dealkylation sites (N-methyl/N-ethyl adjacent to an activating group) is 1. The molecule has 0 saturated carbocycles. The van der Waals surface area contributed by atoms with Crippen LogP contribution in [0.5, 0.6) is 0 Å². The molecular weight excluding hydrogens is 701 g/mol. The fourth-order valence-corrected chi connectivity index (χ4v) is 6.17. The van der Waals surface area contributed by atoms with Gasteiger partial charge in [0, 0.05) is 12.8 Å². The van der Waals surface area contributed by atoms with Gasteiger partial charge in [0.05, 0.1) is 27.7 Å². The molecule has 0 heterocycles. The fraction of sp³-hybridized carbons (Fsp3) is 0.773. The van der Waals surface area contributed by atoms with Crippen molar-refractivity contribution in [2.45, 2.75) is 174 Å². The van der Waals surface area contributed by atoms with Crippen molar-refractivity contribution in [3.8, 4) is 0 Å². The molecule has 0 spiro atoms. The molecule has 0 saturated heterocycles. The van der Waals surface area contributed by atoms with Crippen LogP contribution in [0.1, 0.15) is 168 Å². The average molecular weight is 783 g/mol. The number of phosphoric ester groups is 1. The third-order valence-electron chi connectivity index (χ3n) is 8.83. The van der Waals surface area contributed by atoms with Gasteiger partial charge in [-0.15, -0.1) is 0 Å². The number of allylic oxidation sites excluding steroid dienone is 8. The lowest BCUT2D eigenvalue weighted by Gasteiger charge is -2.24. The van der Waals surface area contributed by atoms with E-state index < -0.39 is 32.5 Å². The molecule has 0 aromatic carbocycles. The third-order valence-corrected chi connectivity index (χ3v) is 9.82. The number of phosphoric acid groups is 1. The molecule has 2 atom stereocenters. The van der Waals surface area contributed by atoms with Crippen molar-refractivity contribution in [1.82, 2.24) is 0 Å². The van der Waals surface area contributed by atoms with Crippen molar-refractivity contribution in [2.75, 3.05) is 47.5 Å². The van der Waals surface area contributed by atoms with Crippen molar-refractivity contribution in [3.05, 3.63) is 48.6 Å². The van der Waals surface area contributed by atoms with Crippen molar-refractivity contribution >= 4 is 19.8 Å². The van der Waals surface area contributed by atoms with Gasteiger partial charge < -0.3 is 18.9 Å². The van der Waals surface area contributed by atoms with Crippen molar-refractivity contribution in [3.63, 3.8) is 0 Å². The van der Waals surface area contributed by atoms with E-state index in [0.717, 1.165) is 51.4 Å². The van der Waals surface area contributed by atoms with Crippen molar-refractivity contribution in [2.24, 2.45) is 0 Å². The van der Waals surface area contributed by atoms with E-state index in [2.05, 4.69) is 62.5 Å². The highest BCUT2D eigenvalue weighted by Gasteiger charge is 2.27. The molecule has 0 aliphatic carbocycles. The summed E-state index contributed by atoms with van der Waals surface area (Å²) in [7, 11) is 1.43. The third kappa shape index (κ3) is 39.7. The lowest BCUT2D eigenvalue weighted by Crippen LogP contribution is -2.37. The number of esters is 2. The lowest BCUT2D eigenvalue weighted by molar-refractivity contribution is -0.870. The summed E-state index contributed by atoms with van der Waals surface area (Å²) in [6, 6.07) is 0. The van der Waals surface area contributed by atoms with Crippen LogP contribution in [0, 0.1) is 0 Å². The second-order valence-corrected chi connectivity index (χ2v) is 16.8. The Labute approximate surface area is 331 Å². The Balaban J connectivity index is 4.50. The van der Waals surface area contributed by atoms with Crippen LogP contribution in [0.2, 0.25) is 0 Å². The summed E-state index contributed by atoms with van der Waals surface area (Å²) in [4.78, 5) is 35.3. The second-order valence-electron chi connectivity index (χ2n) is 15.4. The zero-order valence-corrected chi connectivity index (χ0v) is 36.1. The van der Waals surface area contributed by atoms with Crippen LogP contribution in [-0.2, 0) is 32.7 Å². The normalized spacial score (nSPS) is 14.1. The molecule has 314 valence electrons. The van der Waals surface area contributed by atoms with Gasteiger partial charge in [-0.05, 0) is 77.0 Å². The number of unbranched alkanes of at least 4 members (excludes halogenated alkanes) is 16. The van der Waals surface area contributed by atoms with Gasteiger partial charge in [0.25, 0.3) is 0 Å².